The molecule has 0 bridgehead atoms. The smallest absolute Gasteiger partial charge is 0.261 e. The van der Waals surface area contributed by atoms with Gasteiger partial charge in [-0.15, -0.1) is 0 Å². The second-order valence-corrected chi connectivity index (χ2v) is 5.37. The Balaban J connectivity index is 1.94. The van der Waals surface area contributed by atoms with Gasteiger partial charge in [0.2, 0.25) is 5.95 Å². The third-order valence-corrected chi connectivity index (χ3v) is 3.58. The molecule has 0 spiro atoms. The van der Waals surface area contributed by atoms with E-state index < -0.39 is 5.91 Å². The topological polar surface area (TPSA) is 67.0 Å². The van der Waals surface area contributed by atoms with E-state index in [9.17, 15) is 4.79 Å². The predicted molar refractivity (Wildman–Crippen MR) is 87.1 cm³/mol. The Morgan fingerprint density at radius 3 is 2.77 bits per heavy atom. The lowest BCUT2D eigenvalue weighted by Gasteiger charge is -2.10. The van der Waals surface area contributed by atoms with Crippen LogP contribution in [0.2, 0.25) is 10.0 Å². The fourth-order valence-corrected chi connectivity index (χ4v) is 2.69. The molecule has 22 heavy (non-hydrogen) atoms. The maximum absolute atomic E-state index is 12.4. The first-order valence-corrected chi connectivity index (χ1v) is 7.13. The van der Waals surface area contributed by atoms with Gasteiger partial charge in [-0.3, -0.25) is 10.1 Å². The predicted octanol–water partition coefficient (Wildman–Crippen LogP) is 4.13. The van der Waals surface area contributed by atoms with Crippen LogP contribution in [0.15, 0.2) is 36.4 Å². The third-order valence-electron chi connectivity index (χ3n) is 3.08. The third kappa shape index (κ3) is 2.73. The number of benzene rings is 2. The van der Waals surface area contributed by atoms with Gasteiger partial charge in [0, 0.05) is 5.02 Å². The van der Waals surface area contributed by atoms with Gasteiger partial charge in [0.05, 0.1) is 28.7 Å². The number of fused-ring (bicyclic) bond motifs is 1. The van der Waals surface area contributed by atoms with E-state index in [1.165, 1.54) is 19.2 Å². The molecule has 0 saturated carbocycles. The Labute approximate surface area is 136 Å². The number of anilines is 1. The molecule has 2 aromatic carbocycles. The highest BCUT2D eigenvalue weighted by Gasteiger charge is 2.18. The van der Waals surface area contributed by atoms with Crippen molar-refractivity contribution in [2.45, 2.75) is 0 Å². The van der Waals surface area contributed by atoms with Crippen molar-refractivity contribution in [3.05, 3.63) is 52.0 Å². The summed E-state index contributed by atoms with van der Waals surface area (Å²) in [6.07, 6.45) is 0. The summed E-state index contributed by atoms with van der Waals surface area (Å²) >= 11 is 12.0. The van der Waals surface area contributed by atoms with Crippen molar-refractivity contribution in [1.29, 1.82) is 0 Å². The number of amides is 1. The summed E-state index contributed by atoms with van der Waals surface area (Å²) < 4.78 is 5.17. The number of hydrogen-bond donors (Lipinski definition) is 2. The number of nitrogens with one attached hydrogen (secondary N) is 2. The molecule has 0 atom stereocenters. The Morgan fingerprint density at radius 2 is 2.05 bits per heavy atom. The number of nitrogens with zero attached hydrogens (tertiary/aromatic N) is 1. The zero-order valence-electron chi connectivity index (χ0n) is 11.5. The number of methoxy groups -OCH3 is 1. The van der Waals surface area contributed by atoms with Gasteiger partial charge in [0.1, 0.15) is 5.75 Å². The summed E-state index contributed by atoms with van der Waals surface area (Å²) in [5, 5.41) is 3.29. The van der Waals surface area contributed by atoms with E-state index in [2.05, 4.69) is 15.3 Å². The standard InChI is InChI=1S/C15H11Cl2N3O2/c1-22-13-9(6-8(16)7-10(13)17)14(21)20-15-18-11-4-2-3-5-12(11)19-15/h2-7H,1H3,(H2,18,19,20,21). The van der Waals surface area contributed by atoms with Crippen LogP contribution >= 0.6 is 23.2 Å². The number of hydrogen-bond acceptors (Lipinski definition) is 3. The molecule has 0 radical (unpaired) electrons. The van der Waals surface area contributed by atoms with Gasteiger partial charge < -0.3 is 9.72 Å². The number of para-hydroxylation sites is 2. The Kier molecular flexibility index (Phi) is 3.92. The highest BCUT2D eigenvalue weighted by molar-refractivity contribution is 6.36. The zero-order valence-corrected chi connectivity index (χ0v) is 13.0. The van der Waals surface area contributed by atoms with E-state index in [0.29, 0.717) is 11.0 Å². The molecule has 0 aliphatic carbocycles. The van der Waals surface area contributed by atoms with Crippen LogP contribution in [-0.2, 0) is 0 Å². The fraction of sp³-hybridized carbons (Fsp3) is 0.0667. The second kappa shape index (κ2) is 5.87. The van der Waals surface area contributed by atoms with Gasteiger partial charge in [-0.1, -0.05) is 35.3 Å². The van der Waals surface area contributed by atoms with Crippen LogP contribution in [-0.4, -0.2) is 23.0 Å². The van der Waals surface area contributed by atoms with Crippen LogP contribution in [0.1, 0.15) is 10.4 Å². The van der Waals surface area contributed by atoms with Gasteiger partial charge in [-0.2, -0.15) is 0 Å². The minimum Gasteiger partial charge on any atom is -0.494 e. The summed E-state index contributed by atoms with van der Waals surface area (Å²) in [6.45, 7) is 0. The van der Waals surface area contributed by atoms with Crippen LogP contribution in [0, 0.1) is 0 Å². The molecule has 0 aliphatic heterocycles. The summed E-state index contributed by atoms with van der Waals surface area (Å²) in [7, 11) is 1.44. The molecule has 1 heterocycles. The Morgan fingerprint density at radius 1 is 1.27 bits per heavy atom. The number of carbonyl (C=O) groups is 1. The zero-order chi connectivity index (χ0) is 15.7. The molecule has 1 aromatic heterocycles. The SMILES string of the molecule is COc1c(Cl)cc(Cl)cc1C(=O)Nc1nc2ccccc2[nH]1. The summed E-state index contributed by atoms with van der Waals surface area (Å²) in [5.74, 6) is 0.185. The van der Waals surface area contributed by atoms with Crippen molar-refractivity contribution < 1.29 is 9.53 Å². The average Bonchev–Trinajstić information content (AvgIpc) is 2.88. The average molecular weight is 336 g/mol. The van der Waals surface area contributed by atoms with Crippen LogP contribution in [0.5, 0.6) is 5.75 Å². The van der Waals surface area contributed by atoms with E-state index in [4.69, 9.17) is 27.9 Å². The largest absolute Gasteiger partial charge is 0.494 e. The number of rotatable bonds is 3. The first-order valence-electron chi connectivity index (χ1n) is 6.37. The molecular weight excluding hydrogens is 325 g/mol. The Hall–Kier alpha value is -2.24. The van der Waals surface area contributed by atoms with Crippen molar-refractivity contribution in [2.75, 3.05) is 12.4 Å². The van der Waals surface area contributed by atoms with Gasteiger partial charge in [0.15, 0.2) is 0 Å². The number of aromatic amines is 1. The summed E-state index contributed by atoms with van der Waals surface area (Å²) in [6, 6.07) is 10.5. The normalized spacial score (nSPS) is 10.7. The fourth-order valence-electron chi connectivity index (χ4n) is 2.12. The van der Waals surface area contributed by atoms with Crippen molar-refractivity contribution in [1.82, 2.24) is 9.97 Å². The minimum absolute atomic E-state index is 0.237. The van der Waals surface area contributed by atoms with E-state index in [0.717, 1.165) is 11.0 Å². The van der Waals surface area contributed by atoms with Gasteiger partial charge in [-0.05, 0) is 24.3 Å². The number of imidazole rings is 1. The number of carbonyl (C=O) groups excluding carboxylic acids is 1. The quantitative estimate of drug-likeness (QED) is 0.756. The van der Waals surface area contributed by atoms with E-state index in [1.54, 1.807) is 0 Å². The highest BCUT2D eigenvalue weighted by atomic mass is 35.5. The summed E-state index contributed by atoms with van der Waals surface area (Å²) in [5.41, 5.74) is 1.82. The second-order valence-electron chi connectivity index (χ2n) is 4.53. The first kappa shape index (κ1) is 14.7. The molecular formula is C15H11Cl2N3O2. The minimum atomic E-state index is -0.416. The molecule has 3 aromatic rings. The molecule has 0 aliphatic rings. The number of H-pyrrole nitrogens is 1. The Bertz CT molecular complexity index is 828. The van der Waals surface area contributed by atoms with Gasteiger partial charge >= 0.3 is 0 Å². The molecule has 7 heteroatoms. The maximum Gasteiger partial charge on any atom is 0.261 e. The molecule has 112 valence electrons. The van der Waals surface area contributed by atoms with Crippen LogP contribution in [0.4, 0.5) is 5.95 Å². The lowest BCUT2D eigenvalue weighted by Crippen LogP contribution is -2.14. The monoisotopic (exact) mass is 335 g/mol. The molecule has 0 unspecified atom stereocenters. The lowest BCUT2D eigenvalue weighted by molar-refractivity contribution is 0.102. The summed E-state index contributed by atoms with van der Waals surface area (Å²) in [4.78, 5) is 19.7. The van der Waals surface area contributed by atoms with Crippen molar-refractivity contribution in [3.63, 3.8) is 0 Å². The molecule has 0 fully saturated rings. The molecule has 5 nitrogen and oxygen atoms in total. The van der Waals surface area contributed by atoms with Crippen LogP contribution in [0.3, 0.4) is 0 Å². The molecule has 3 rings (SSSR count). The van der Waals surface area contributed by atoms with E-state index in [-0.39, 0.29) is 16.3 Å². The maximum atomic E-state index is 12.4. The first-order chi connectivity index (χ1) is 10.6. The highest BCUT2D eigenvalue weighted by Crippen LogP contribution is 2.32. The lowest BCUT2D eigenvalue weighted by atomic mass is 10.2. The van der Waals surface area contributed by atoms with Gasteiger partial charge in [0.25, 0.3) is 5.91 Å². The number of aromatic nitrogens is 2. The van der Waals surface area contributed by atoms with E-state index >= 15 is 0 Å². The van der Waals surface area contributed by atoms with Crippen LogP contribution in [0.25, 0.3) is 11.0 Å². The van der Waals surface area contributed by atoms with Gasteiger partial charge in [-0.25, -0.2) is 4.98 Å². The molecule has 1 amide bonds. The number of ether oxygens (including phenoxy) is 1. The number of halogens is 2. The van der Waals surface area contributed by atoms with Crippen molar-refractivity contribution in [2.24, 2.45) is 0 Å². The molecule has 0 saturated heterocycles. The molecule has 2 N–H and O–H groups in total. The van der Waals surface area contributed by atoms with Crippen molar-refractivity contribution in [3.8, 4) is 5.75 Å². The van der Waals surface area contributed by atoms with Crippen LogP contribution < -0.4 is 10.1 Å². The van der Waals surface area contributed by atoms with Crippen molar-refractivity contribution >= 4 is 46.1 Å². The van der Waals surface area contributed by atoms with E-state index in [1.807, 2.05) is 24.3 Å².